The number of hydrogen-bond acceptors (Lipinski definition) is 1. The van der Waals surface area contributed by atoms with Gasteiger partial charge in [-0.15, -0.1) is 0 Å². The summed E-state index contributed by atoms with van der Waals surface area (Å²) in [7, 11) is 0. The van der Waals surface area contributed by atoms with Gasteiger partial charge in [0.1, 0.15) is 5.82 Å². The summed E-state index contributed by atoms with van der Waals surface area (Å²) in [6.07, 6.45) is 0. The molecule has 6 heteroatoms. The van der Waals surface area contributed by atoms with E-state index in [1.807, 2.05) is 22.6 Å². The lowest BCUT2D eigenvalue weighted by Crippen LogP contribution is -2.14. The Morgan fingerprint density at radius 1 is 1.00 bits per heavy atom. The first-order valence-electron chi connectivity index (χ1n) is 5.25. The van der Waals surface area contributed by atoms with E-state index >= 15 is 0 Å². The third kappa shape index (κ3) is 3.04. The smallest absolute Gasteiger partial charge is 0.160 e. The molecule has 1 atom stereocenters. The number of hydrogen-bond donors (Lipinski definition) is 1. The molecule has 0 aliphatic rings. The molecule has 1 nitrogen and oxygen atoms in total. The molecular weight excluding hydrogens is 390 g/mol. The Morgan fingerprint density at radius 2 is 1.63 bits per heavy atom. The van der Waals surface area contributed by atoms with E-state index in [4.69, 9.17) is 17.3 Å². The lowest BCUT2D eigenvalue weighted by Gasteiger charge is -2.16. The van der Waals surface area contributed by atoms with Crippen molar-refractivity contribution in [2.75, 3.05) is 0 Å². The summed E-state index contributed by atoms with van der Waals surface area (Å²) in [4.78, 5) is 0. The maximum atomic E-state index is 13.2. The Balaban J connectivity index is 2.49. The van der Waals surface area contributed by atoms with Crippen LogP contribution in [0.3, 0.4) is 0 Å². The van der Waals surface area contributed by atoms with Gasteiger partial charge in [0.05, 0.1) is 6.04 Å². The molecule has 2 N–H and O–H groups in total. The normalized spacial score (nSPS) is 12.5. The van der Waals surface area contributed by atoms with Gasteiger partial charge in [0.2, 0.25) is 0 Å². The van der Waals surface area contributed by atoms with E-state index in [2.05, 4.69) is 0 Å². The lowest BCUT2D eigenvalue weighted by atomic mass is 9.99. The molecule has 0 aromatic heterocycles. The van der Waals surface area contributed by atoms with Crippen LogP contribution >= 0.6 is 34.2 Å². The highest BCUT2D eigenvalue weighted by Crippen LogP contribution is 2.31. The Hall–Kier alpha value is -0.790. The molecule has 0 radical (unpaired) electrons. The van der Waals surface area contributed by atoms with Gasteiger partial charge in [-0.2, -0.15) is 0 Å². The number of halogens is 5. The fourth-order valence-electron chi connectivity index (χ4n) is 1.70. The molecule has 100 valence electrons. The van der Waals surface area contributed by atoms with Gasteiger partial charge in [0.25, 0.3) is 0 Å². The molecule has 0 bridgehead atoms. The second-order valence-electron chi connectivity index (χ2n) is 3.93. The van der Waals surface area contributed by atoms with E-state index in [1.54, 1.807) is 0 Å². The second kappa shape index (κ2) is 5.68. The summed E-state index contributed by atoms with van der Waals surface area (Å²) in [6.45, 7) is 0. The highest BCUT2D eigenvalue weighted by Gasteiger charge is 2.18. The topological polar surface area (TPSA) is 26.0 Å². The highest BCUT2D eigenvalue weighted by molar-refractivity contribution is 14.1. The van der Waals surface area contributed by atoms with E-state index in [0.717, 1.165) is 12.1 Å². The van der Waals surface area contributed by atoms with Gasteiger partial charge in [-0.25, -0.2) is 13.2 Å². The van der Waals surface area contributed by atoms with Gasteiger partial charge in [-0.1, -0.05) is 17.7 Å². The molecule has 0 saturated carbocycles. The van der Waals surface area contributed by atoms with Crippen molar-refractivity contribution in [2.45, 2.75) is 6.04 Å². The van der Waals surface area contributed by atoms with Gasteiger partial charge in [0, 0.05) is 8.59 Å². The molecule has 0 fully saturated rings. The van der Waals surface area contributed by atoms with Crippen LogP contribution in [-0.4, -0.2) is 0 Å². The Labute approximate surface area is 126 Å². The number of rotatable bonds is 2. The summed E-state index contributed by atoms with van der Waals surface area (Å²) in [6, 6.07) is 5.15. The first kappa shape index (κ1) is 14.6. The average Bonchev–Trinajstić information content (AvgIpc) is 2.33. The summed E-state index contributed by atoms with van der Waals surface area (Å²) in [5, 5.41) is 0.0338. The zero-order valence-corrected chi connectivity index (χ0v) is 12.3. The molecule has 2 rings (SSSR count). The minimum atomic E-state index is -1.03. The third-order valence-corrected chi connectivity index (χ3v) is 3.93. The molecule has 0 amide bonds. The quantitative estimate of drug-likeness (QED) is 0.590. The van der Waals surface area contributed by atoms with Crippen molar-refractivity contribution in [2.24, 2.45) is 5.73 Å². The van der Waals surface area contributed by atoms with E-state index in [1.165, 1.54) is 18.2 Å². The van der Waals surface area contributed by atoms with Gasteiger partial charge < -0.3 is 5.73 Å². The number of benzene rings is 2. The van der Waals surface area contributed by atoms with Crippen LogP contribution in [0.4, 0.5) is 13.2 Å². The molecule has 0 heterocycles. The van der Waals surface area contributed by atoms with Crippen molar-refractivity contribution in [3.63, 3.8) is 0 Å². The van der Waals surface area contributed by atoms with Gasteiger partial charge in [-0.3, -0.25) is 0 Å². The summed E-state index contributed by atoms with van der Waals surface area (Å²) >= 11 is 7.79. The third-order valence-electron chi connectivity index (χ3n) is 2.67. The SMILES string of the molecule is NC(c1cc(F)c(F)cc1Cl)c1ccc(F)cc1I. The average molecular weight is 398 g/mol. The maximum Gasteiger partial charge on any atom is 0.160 e. The molecule has 0 aliphatic carbocycles. The van der Waals surface area contributed by atoms with Crippen molar-refractivity contribution >= 4 is 34.2 Å². The summed E-state index contributed by atoms with van der Waals surface area (Å²) < 4.78 is 39.9. The highest BCUT2D eigenvalue weighted by atomic mass is 127. The molecule has 2 aromatic carbocycles. The van der Waals surface area contributed by atoms with Crippen molar-refractivity contribution in [1.29, 1.82) is 0 Å². The first-order chi connectivity index (χ1) is 8.90. The first-order valence-corrected chi connectivity index (χ1v) is 6.71. The zero-order valence-electron chi connectivity index (χ0n) is 9.43. The molecule has 0 aliphatic heterocycles. The van der Waals surface area contributed by atoms with E-state index in [-0.39, 0.29) is 10.6 Å². The fourth-order valence-corrected chi connectivity index (χ4v) is 2.78. The van der Waals surface area contributed by atoms with Crippen LogP contribution in [-0.2, 0) is 0 Å². The molecule has 0 saturated heterocycles. The summed E-state index contributed by atoms with van der Waals surface area (Å²) in [5.74, 6) is -2.45. The van der Waals surface area contributed by atoms with Crippen LogP contribution in [0.1, 0.15) is 17.2 Å². The molecule has 1 unspecified atom stereocenters. The minimum absolute atomic E-state index is 0.0338. The Bertz CT molecular complexity index is 634. The standard InChI is InChI=1S/C13H8ClF3IN/c14-9-5-11(17)10(16)4-8(9)13(19)7-2-1-6(15)3-12(7)18/h1-5,13H,19H2. The van der Waals surface area contributed by atoms with Crippen LogP contribution < -0.4 is 5.73 Å². The predicted octanol–water partition coefficient (Wildman–Crippen LogP) is 4.41. The lowest BCUT2D eigenvalue weighted by molar-refractivity contribution is 0.506. The number of nitrogens with two attached hydrogens (primary N) is 1. The molecule has 19 heavy (non-hydrogen) atoms. The van der Waals surface area contributed by atoms with Gasteiger partial charge in [0.15, 0.2) is 11.6 Å². The maximum absolute atomic E-state index is 13.2. The van der Waals surface area contributed by atoms with Crippen LogP contribution in [0.25, 0.3) is 0 Å². The minimum Gasteiger partial charge on any atom is -0.320 e. The van der Waals surface area contributed by atoms with E-state index in [0.29, 0.717) is 9.13 Å². The van der Waals surface area contributed by atoms with Crippen molar-refractivity contribution in [3.8, 4) is 0 Å². The van der Waals surface area contributed by atoms with Crippen molar-refractivity contribution in [1.82, 2.24) is 0 Å². The van der Waals surface area contributed by atoms with Crippen molar-refractivity contribution in [3.05, 3.63) is 67.5 Å². The largest absolute Gasteiger partial charge is 0.320 e. The van der Waals surface area contributed by atoms with Gasteiger partial charge in [-0.05, 0) is 58.0 Å². The summed E-state index contributed by atoms with van der Waals surface area (Å²) in [5.41, 5.74) is 6.83. The Morgan fingerprint density at radius 3 is 2.26 bits per heavy atom. The second-order valence-corrected chi connectivity index (χ2v) is 5.50. The molecule has 2 aromatic rings. The van der Waals surface area contributed by atoms with Crippen LogP contribution in [0, 0.1) is 21.0 Å². The van der Waals surface area contributed by atoms with Crippen LogP contribution in [0.2, 0.25) is 5.02 Å². The van der Waals surface area contributed by atoms with E-state index in [9.17, 15) is 13.2 Å². The fraction of sp³-hybridized carbons (Fsp3) is 0.0769. The monoisotopic (exact) mass is 397 g/mol. The Kier molecular flexibility index (Phi) is 4.37. The van der Waals surface area contributed by atoms with E-state index < -0.39 is 23.5 Å². The van der Waals surface area contributed by atoms with Crippen LogP contribution in [0.15, 0.2) is 30.3 Å². The molecular formula is C13H8ClF3IN. The zero-order chi connectivity index (χ0) is 14.2. The van der Waals surface area contributed by atoms with Crippen LogP contribution in [0.5, 0.6) is 0 Å². The van der Waals surface area contributed by atoms with Gasteiger partial charge >= 0.3 is 0 Å². The van der Waals surface area contributed by atoms with Crippen molar-refractivity contribution < 1.29 is 13.2 Å². The predicted molar refractivity (Wildman–Crippen MR) is 76.5 cm³/mol. The molecule has 0 spiro atoms.